The van der Waals surface area contributed by atoms with Crippen LogP contribution in [0.25, 0.3) is 0 Å². The monoisotopic (exact) mass is 1240 g/mol. The van der Waals surface area contributed by atoms with E-state index < -0.39 is 12.1 Å². The van der Waals surface area contributed by atoms with E-state index in [1.807, 2.05) is 6.08 Å². The zero-order chi connectivity index (χ0) is 63.5. The third-order valence-electron chi connectivity index (χ3n) is 19.2. The van der Waals surface area contributed by atoms with E-state index in [2.05, 4.69) is 31.3 Å². The molecule has 522 valence electrons. The second-order valence-corrected chi connectivity index (χ2v) is 28.1. The Morgan fingerprint density at radius 2 is 0.534 bits per heavy atom. The average molecular weight is 1240 g/mol. The molecule has 0 aliphatic heterocycles. The summed E-state index contributed by atoms with van der Waals surface area (Å²) < 4.78 is 5.51. The molecule has 0 saturated carbocycles. The minimum Gasteiger partial charge on any atom is -0.466 e. The third-order valence-corrected chi connectivity index (χ3v) is 19.2. The summed E-state index contributed by atoms with van der Waals surface area (Å²) in [7, 11) is 0. The number of rotatable bonds is 77. The molecule has 0 fully saturated rings. The number of ether oxygens (including phenoxy) is 1. The Kier molecular flexibility index (Phi) is 76.3. The molecule has 0 aromatic heterocycles. The molecule has 0 aromatic rings. The molecule has 6 heteroatoms. The zero-order valence-corrected chi connectivity index (χ0v) is 60.0. The number of esters is 1. The van der Waals surface area contributed by atoms with Crippen LogP contribution in [0, 0.1) is 0 Å². The fourth-order valence-corrected chi connectivity index (χ4v) is 13.0. The highest BCUT2D eigenvalue weighted by Gasteiger charge is 2.18. The Morgan fingerprint density at radius 3 is 0.807 bits per heavy atom. The van der Waals surface area contributed by atoms with E-state index >= 15 is 0 Å². The third kappa shape index (κ3) is 73.4. The van der Waals surface area contributed by atoms with Crippen LogP contribution in [0.2, 0.25) is 0 Å². The first-order chi connectivity index (χ1) is 43.5. The summed E-state index contributed by atoms with van der Waals surface area (Å²) in [4.78, 5) is 24.6. The van der Waals surface area contributed by atoms with Gasteiger partial charge in [0.15, 0.2) is 0 Å². The molecule has 2 unspecified atom stereocenters. The molecule has 3 N–H and O–H groups in total. The zero-order valence-electron chi connectivity index (χ0n) is 60.0. The van der Waals surface area contributed by atoms with Crippen molar-refractivity contribution in [3.05, 3.63) is 24.3 Å². The maximum absolute atomic E-state index is 12.5. The second kappa shape index (κ2) is 77.8. The molecule has 0 aromatic carbocycles. The molecule has 0 aliphatic rings. The molecular formula is C82H159NO5. The predicted octanol–water partition coefficient (Wildman–Crippen LogP) is 26.8. The van der Waals surface area contributed by atoms with E-state index in [0.29, 0.717) is 19.4 Å². The van der Waals surface area contributed by atoms with Crippen LogP contribution in [-0.4, -0.2) is 47.4 Å². The van der Waals surface area contributed by atoms with Crippen LogP contribution < -0.4 is 5.32 Å². The van der Waals surface area contributed by atoms with Crippen LogP contribution in [0.3, 0.4) is 0 Å². The quantitative estimate of drug-likeness (QED) is 0.0320. The summed E-state index contributed by atoms with van der Waals surface area (Å²) in [6.07, 6.45) is 100. The lowest BCUT2D eigenvalue weighted by Gasteiger charge is -2.20. The van der Waals surface area contributed by atoms with Crippen LogP contribution in [0.5, 0.6) is 0 Å². The highest BCUT2D eigenvalue weighted by Crippen LogP contribution is 2.20. The summed E-state index contributed by atoms with van der Waals surface area (Å²) in [5.41, 5.74) is 0. The van der Waals surface area contributed by atoms with Gasteiger partial charge in [0.25, 0.3) is 0 Å². The normalized spacial score (nSPS) is 12.5. The lowest BCUT2D eigenvalue weighted by atomic mass is 10.0. The smallest absolute Gasteiger partial charge is 0.305 e. The van der Waals surface area contributed by atoms with Crippen LogP contribution in [-0.2, 0) is 14.3 Å². The summed E-state index contributed by atoms with van der Waals surface area (Å²) in [5, 5.41) is 23.3. The number of amides is 1. The fraction of sp³-hybridized carbons (Fsp3) is 0.927. The number of carbonyl (C=O) groups excluding carboxylic acids is 2. The average Bonchev–Trinajstić information content (AvgIpc) is 3.58. The van der Waals surface area contributed by atoms with Gasteiger partial charge < -0.3 is 20.3 Å². The lowest BCUT2D eigenvalue weighted by molar-refractivity contribution is -0.143. The Morgan fingerprint density at radius 1 is 0.307 bits per heavy atom. The number of allylic oxidation sites excluding steroid dienone is 3. The van der Waals surface area contributed by atoms with Crippen molar-refractivity contribution in [3.63, 3.8) is 0 Å². The molecule has 0 heterocycles. The number of hydrogen-bond acceptors (Lipinski definition) is 5. The first kappa shape index (κ1) is 86.3. The van der Waals surface area contributed by atoms with Gasteiger partial charge in [-0.25, -0.2) is 0 Å². The van der Waals surface area contributed by atoms with Gasteiger partial charge >= 0.3 is 5.97 Å². The maximum Gasteiger partial charge on any atom is 0.305 e. The van der Waals surface area contributed by atoms with Crippen LogP contribution >= 0.6 is 0 Å². The van der Waals surface area contributed by atoms with Gasteiger partial charge in [-0.15, -0.1) is 0 Å². The van der Waals surface area contributed by atoms with Gasteiger partial charge in [-0.3, -0.25) is 9.59 Å². The summed E-state index contributed by atoms with van der Waals surface area (Å²) in [6, 6.07) is -0.624. The van der Waals surface area contributed by atoms with Crippen molar-refractivity contribution < 1.29 is 24.5 Å². The molecule has 0 bridgehead atoms. The Labute approximate surface area is 551 Å². The van der Waals surface area contributed by atoms with Crippen molar-refractivity contribution in [2.45, 2.75) is 475 Å². The van der Waals surface area contributed by atoms with E-state index in [4.69, 9.17) is 4.74 Å². The summed E-state index contributed by atoms with van der Waals surface area (Å²) >= 11 is 0. The summed E-state index contributed by atoms with van der Waals surface area (Å²) in [6.45, 7) is 4.95. The molecule has 6 nitrogen and oxygen atoms in total. The van der Waals surface area contributed by atoms with Crippen molar-refractivity contribution in [3.8, 4) is 0 Å². The molecule has 2 atom stereocenters. The second-order valence-electron chi connectivity index (χ2n) is 28.1. The Hall–Kier alpha value is -1.66. The molecule has 0 rings (SSSR count). The van der Waals surface area contributed by atoms with Gasteiger partial charge in [0.1, 0.15) is 0 Å². The van der Waals surface area contributed by atoms with E-state index in [9.17, 15) is 19.8 Å². The number of aliphatic hydroxyl groups excluding tert-OH is 2. The van der Waals surface area contributed by atoms with Crippen molar-refractivity contribution in [2.24, 2.45) is 0 Å². The maximum atomic E-state index is 12.5. The van der Waals surface area contributed by atoms with Gasteiger partial charge in [0, 0.05) is 12.8 Å². The number of aliphatic hydroxyl groups is 2. The van der Waals surface area contributed by atoms with Crippen LogP contribution in [0.4, 0.5) is 0 Å². The van der Waals surface area contributed by atoms with Gasteiger partial charge in [-0.2, -0.15) is 0 Å². The van der Waals surface area contributed by atoms with Gasteiger partial charge in [0.2, 0.25) is 5.91 Å². The van der Waals surface area contributed by atoms with Crippen molar-refractivity contribution in [2.75, 3.05) is 13.2 Å². The standard InChI is InChI=1S/C82H159NO5/c1-3-5-7-9-11-13-15-17-19-21-43-46-50-54-58-62-66-70-74-80(85)79(78-84)83-81(86)75-71-67-63-59-55-51-47-44-41-39-37-35-33-31-29-27-25-23-22-24-26-28-30-32-34-36-38-40-42-45-49-53-57-61-65-69-73-77-88-82(87)76-72-68-64-60-56-52-48-20-18-16-14-12-10-8-6-4-2/h20,48,70,74,79-80,84-85H,3-19,21-47,49-69,71-73,75-78H2,1-2H3,(H,83,86)/b48-20-,74-70+. The molecule has 0 radical (unpaired) electrons. The van der Waals surface area contributed by atoms with Crippen molar-refractivity contribution in [1.82, 2.24) is 5.32 Å². The molecular weight excluding hydrogens is 1080 g/mol. The number of hydrogen-bond donors (Lipinski definition) is 3. The molecule has 0 aliphatic carbocycles. The molecule has 0 saturated heterocycles. The van der Waals surface area contributed by atoms with Crippen molar-refractivity contribution in [1.29, 1.82) is 0 Å². The minimum absolute atomic E-state index is 0.0167. The van der Waals surface area contributed by atoms with E-state index in [1.165, 1.54) is 392 Å². The largest absolute Gasteiger partial charge is 0.466 e. The number of carbonyl (C=O) groups is 2. The first-order valence-corrected chi connectivity index (χ1v) is 40.6. The van der Waals surface area contributed by atoms with Gasteiger partial charge in [-0.05, 0) is 57.8 Å². The molecule has 1 amide bonds. The van der Waals surface area contributed by atoms with E-state index in [-0.39, 0.29) is 18.5 Å². The number of nitrogens with one attached hydrogen (secondary N) is 1. The SMILES string of the molecule is CCCCCCCCC/C=C\CCCCCCCC(=O)OCCCCCCCCCCCCCCCCCCCCCCCCCCCCCCCCCCCCCCCC(=O)NC(CO)C(O)/C=C/CCCCCCCCCCCCCCCCCC. The van der Waals surface area contributed by atoms with Gasteiger partial charge in [0.05, 0.1) is 25.4 Å². The van der Waals surface area contributed by atoms with Gasteiger partial charge in [-0.1, -0.05) is 417 Å². The van der Waals surface area contributed by atoms with Crippen molar-refractivity contribution >= 4 is 11.9 Å². The Balaban J connectivity index is 3.31. The highest BCUT2D eigenvalue weighted by molar-refractivity contribution is 5.76. The minimum atomic E-state index is -0.841. The highest BCUT2D eigenvalue weighted by atomic mass is 16.5. The lowest BCUT2D eigenvalue weighted by Crippen LogP contribution is -2.45. The molecule has 88 heavy (non-hydrogen) atoms. The Bertz CT molecular complexity index is 1380. The molecule has 0 spiro atoms. The van der Waals surface area contributed by atoms with E-state index in [1.54, 1.807) is 6.08 Å². The predicted molar refractivity (Wildman–Crippen MR) is 389 cm³/mol. The van der Waals surface area contributed by atoms with E-state index in [0.717, 1.165) is 44.9 Å². The fourth-order valence-electron chi connectivity index (χ4n) is 13.0. The van der Waals surface area contributed by atoms with Crippen LogP contribution in [0.15, 0.2) is 24.3 Å². The first-order valence-electron chi connectivity index (χ1n) is 40.6. The topological polar surface area (TPSA) is 95.9 Å². The number of unbranched alkanes of at least 4 members (excludes halogenated alkanes) is 64. The summed E-state index contributed by atoms with van der Waals surface area (Å²) in [5.74, 6) is -0.0413. The van der Waals surface area contributed by atoms with Crippen LogP contribution in [0.1, 0.15) is 463 Å².